The van der Waals surface area contributed by atoms with Gasteiger partial charge in [-0.25, -0.2) is 0 Å². The summed E-state index contributed by atoms with van der Waals surface area (Å²) in [5.41, 5.74) is 1.09. The second kappa shape index (κ2) is 11.4. The number of rotatable bonds is 0. The standard InChI is InChI=1S/C8H18Si.2Na.H2O3S/c1-8-6-4-5-7-9(8,2)3;;;1-4(2)3/h8H,4-7H2,1-3H3;;;(H2,1,2,3)/q;2*+1;/p-2. The van der Waals surface area contributed by atoms with Crippen LogP contribution in [0, 0.1) is 0 Å². The predicted molar refractivity (Wildman–Crippen MR) is 55.3 cm³/mol. The van der Waals surface area contributed by atoms with E-state index in [1.807, 2.05) is 0 Å². The molecule has 3 nitrogen and oxygen atoms in total. The first kappa shape index (κ1) is 22.5. The Morgan fingerprint density at radius 2 is 1.60 bits per heavy atom. The summed E-state index contributed by atoms with van der Waals surface area (Å²) in [6.07, 6.45) is 4.53. The number of hydrogen-bond donors (Lipinski definition) is 0. The van der Waals surface area contributed by atoms with Gasteiger partial charge >= 0.3 is 59.1 Å². The van der Waals surface area contributed by atoms with Gasteiger partial charge in [-0.05, 0) is 5.54 Å². The Balaban J connectivity index is -0.000000213. The molecule has 0 aromatic heterocycles. The number of hydrogen-bond acceptors (Lipinski definition) is 3. The van der Waals surface area contributed by atoms with Gasteiger partial charge in [0.25, 0.3) is 0 Å². The molecule has 0 aromatic rings. The zero-order chi connectivity index (χ0) is 10.5. The van der Waals surface area contributed by atoms with Crippen molar-refractivity contribution in [3.8, 4) is 0 Å². The van der Waals surface area contributed by atoms with E-state index in [0.29, 0.717) is 0 Å². The second-order valence-corrected chi connectivity index (χ2v) is 10.2. The first-order valence-electron chi connectivity index (χ1n) is 4.63. The first-order chi connectivity index (χ1) is 5.86. The second-order valence-electron chi connectivity index (χ2n) is 4.34. The Morgan fingerprint density at radius 1 is 1.20 bits per heavy atom. The van der Waals surface area contributed by atoms with Crippen molar-refractivity contribution >= 4 is 19.4 Å². The molecule has 1 aliphatic rings. The van der Waals surface area contributed by atoms with Crippen molar-refractivity contribution < 1.29 is 72.4 Å². The van der Waals surface area contributed by atoms with Crippen LogP contribution in [0.1, 0.15) is 26.2 Å². The van der Waals surface area contributed by atoms with Crippen molar-refractivity contribution in [3.05, 3.63) is 0 Å². The molecule has 0 amide bonds. The average Bonchev–Trinajstić information content (AvgIpc) is 1.94. The summed E-state index contributed by atoms with van der Waals surface area (Å²) < 4.78 is 25.3. The van der Waals surface area contributed by atoms with Gasteiger partial charge in [0.2, 0.25) is 0 Å². The first-order valence-corrected chi connectivity index (χ1v) is 8.91. The summed E-state index contributed by atoms with van der Waals surface area (Å²) in [7, 11) is -0.694. The van der Waals surface area contributed by atoms with Crippen LogP contribution in [0.3, 0.4) is 0 Å². The molecule has 1 heterocycles. The van der Waals surface area contributed by atoms with E-state index >= 15 is 0 Å². The monoisotopic (exact) mass is 268 g/mol. The van der Waals surface area contributed by atoms with Gasteiger partial charge in [-0.15, -0.1) is 11.4 Å². The van der Waals surface area contributed by atoms with E-state index in [4.69, 9.17) is 13.3 Å². The van der Waals surface area contributed by atoms with Gasteiger partial charge < -0.3 is 9.11 Å². The molecule has 0 aliphatic carbocycles. The van der Waals surface area contributed by atoms with E-state index < -0.39 is 19.4 Å². The van der Waals surface area contributed by atoms with Crippen LogP contribution in [-0.4, -0.2) is 21.4 Å². The molecule has 80 valence electrons. The summed E-state index contributed by atoms with van der Waals surface area (Å²) >= 11 is -3.11. The van der Waals surface area contributed by atoms with E-state index in [2.05, 4.69) is 20.0 Å². The van der Waals surface area contributed by atoms with Crippen molar-refractivity contribution in [1.29, 1.82) is 0 Å². The van der Waals surface area contributed by atoms with Crippen molar-refractivity contribution in [2.45, 2.75) is 50.9 Å². The maximum absolute atomic E-state index is 8.44. The smallest absolute Gasteiger partial charge is 0.784 e. The molecule has 1 aliphatic heterocycles. The fourth-order valence-corrected chi connectivity index (χ4v) is 4.31. The molecular weight excluding hydrogens is 250 g/mol. The van der Waals surface area contributed by atoms with Crippen LogP contribution in [0.4, 0.5) is 0 Å². The normalized spacial score (nSPS) is 22.9. The third kappa shape index (κ3) is 12.5. The van der Waals surface area contributed by atoms with Crippen LogP contribution in [0.5, 0.6) is 0 Å². The summed E-state index contributed by atoms with van der Waals surface area (Å²) in [6.45, 7) is 7.53. The summed E-state index contributed by atoms with van der Waals surface area (Å²) in [5, 5.41) is 0. The molecule has 1 atom stereocenters. The van der Waals surface area contributed by atoms with Gasteiger partial charge in [0.15, 0.2) is 0 Å². The van der Waals surface area contributed by atoms with Crippen molar-refractivity contribution in [2.24, 2.45) is 0 Å². The van der Waals surface area contributed by atoms with Crippen molar-refractivity contribution in [2.75, 3.05) is 0 Å². The Hall–Kier alpha value is 2.29. The topological polar surface area (TPSA) is 63.2 Å². The molecule has 15 heavy (non-hydrogen) atoms. The fraction of sp³-hybridized carbons (Fsp3) is 1.00. The Morgan fingerprint density at radius 3 is 1.80 bits per heavy atom. The van der Waals surface area contributed by atoms with Crippen molar-refractivity contribution in [3.63, 3.8) is 0 Å². The molecule has 1 saturated heterocycles. The Labute approximate surface area is 141 Å². The molecule has 0 aromatic carbocycles. The third-order valence-electron chi connectivity index (χ3n) is 3.04. The average molecular weight is 268 g/mol. The Bertz CT molecular complexity index is 177. The predicted octanol–water partition coefficient (Wildman–Crippen LogP) is -3.73. The van der Waals surface area contributed by atoms with Crippen molar-refractivity contribution in [1.82, 2.24) is 0 Å². The van der Waals surface area contributed by atoms with Crippen LogP contribution in [0.15, 0.2) is 0 Å². The largest absolute Gasteiger partial charge is 1.00 e. The molecule has 0 N–H and O–H groups in total. The molecule has 0 saturated carbocycles. The van der Waals surface area contributed by atoms with Gasteiger partial charge in [-0.2, -0.15) is 0 Å². The molecular formula is C8H18Na2O3SSi. The van der Waals surface area contributed by atoms with Gasteiger partial charge in [0, 0.05) is 0 Å². The fourth-order valence-electron chi connectivity index (χ4n) is 1.67. The van der Waals surface area contributed by atoms with Gasteiger partial charge in [0.05, 0.1) is 8.07 Å². The molecule has 0 bridgehead atoms. The minimum Gasteiger partial charge on any atom is -0.784 e. The van der Waals surface area contributed by atoms with E-state index in [-0.39, 0.29) is 59.1 Å². The molecule has 0 radical (unpaired) electrons. The van der Waals surface area contributed by atoms with E-state index in [9.17, 15) is 0 Å². The molecule has 1 rings (SSSR count). The molecule has 7 heteroatoms. The maximum Gasteiger partial charge on any atom is 1.00 e. The zero-order valence-electron chi connectivity index (χ0n) is 10.5. The maximum atomic E-state index is 8.44. The molecule has 0 spiro atoms. The Kier molecular flexibility index (Phi) is 17.0. The van der Waals surface area contributed by atoms with Crippen LogP contribution < -0.4 is 59.1 Å². The van der Waals surface area contributed by atoms with E-state index in [1.54, 1.807) is 6.04 Å². The minimum absolute atomic E-state index is 0. The van der Waals surface area contributed by atoms with Gasteiger partial charge in [-0.1, -0.05) is 45.3 Å². The van der Waals surface area contributed by atoms with Crippen LogP contribution in [0.25, 0.3) is 0 Å². The van der Waals surface area contributed by atoms with E-state index in [0.717, 1.165) is 5.54 Å². The van der Waals surface area contributed by atoms with E-state index in [1.165, 1.54) is 19.3 Å². The SMILES string of the molecule is CC1CCCC[Si]1(C)C.O=S([O-])[O-].[Na+].[Na+]. The van der Waals surface area contributed by atoms with Gasteiger partial charge in [0.1, 0.15) is 0 Å². The van der Waals surface area contributed by atoms with Crippen LogP contribution >= 0.6 is 0 Å². The summed E-state index contributed by atoms with van der Waals surface area (Å²) in [4.78, 5) is 0. The van der Waals surface area contributed by atoms with Gasteiger partial charge in [-0.3, -0.25) is 4.21 Å². The van der Waals surface area contributed by atoms with Crippen LogP contribution in [-0.2, 0) is 11.4 Å². The zero-order valence-corrected chi connectivity index (χ0v) is 16.4. The summed E-state index contributed by atoms with van der Waals surface area (Å²) in [6, 6.07) is 1.58. The minimum atomic E-state index is -3.11. The third-order valence-corrected chi connectivity index (χ3v) is 7.64. The summed E-state index contributed by atoms with van der Waals surface area (Å²) in [5.74, 6) is 0. The molecule has 1 fully saturated rings. The molecule has 1 unspecified atom stereocenters. The van der Waals surface area contributed by atoms with Crippen LogP contribution in [0.2, 0.25) is 24.7 Å². The quantitative estimate of drug-likeness (QED) is 0.335.